The van der Waals surface area contributed by atoms with E-state index in [2.05, 4.69) is 42.3 Å². The Bertz CT molecular complexity index is 417. The van der Waals surface area contributed by atoms with Gasteiger partial charge in [0.1, 0.15) is 0 Å². The van der Waals surface area contributed by atoms with Crippen LogP contribution in [0.1, 0.15) is 38.3 Å². The highest BCUT2D eigenvalue weighted by molar-refractivity contribution is 6.31. The summed E-state index contributed by atoms with van der Waals surface area (Å²) in [4.78, 5) is 2.35. The summed E-state index contributed by atoms with van der Waals surface area (Å²) in [5.41, 5.74) is 2.38. The molecule has 3 nitrogen and oxygen atoms in total. The van der Waals surface area contributed by atoms with Crippen LogP contribution in [-0.4, -0.2) is 32.8 Å². The number of anilines is 1. The Balaban J connectivity index is 2.08. The molecule has 2 rings (SSSR count). The molecule has 4 heteroatoms. The summed E-state index contributed by atoms with van der Waals surface area (Å²) in [5, 5.41) is 4.33. The van der Waals surface area contributed by atoms with E-state index in [1.807, 2.05) is 0 Å². The van der Waals surface area contributed by atoms with Crippen LogP contribution in [0.4, 0.5) is 5.69 Å². The van der Waals surface area contributed by atoms with Gasteiger partial charge >= 0.3 is 0 Å². The van der Waals surface area contributed by atoms with Crippen molar-refractivity contribution in [1.29, 1.82) is 0 Å². The van der Waals surface area contributed by atoms with E-state index >= 15 is 0 Å². The molecule has 1 atom stereocenters. The first-order valence-corrected chi connectivity index (χ1v) is 7.95. The van der Waals surface area contributed by atoms with Crippen LogP contribution in [0.25, 0.3) is 0 Å². The number of rotatable bonds is 5. The van der Waals surface area contributed by atoms with Crippen LogP contribution in [0, 0.1) is 0 Å². The summed E-state index contributed by atoms with van der Waals surface area (Å²) in [6, 6.07) is 6.71. The minimum absolute atomic E-state index is 0.295. The van der Waals surface area contributed by atoms with Gasteiger partial charge in [-0.2, -0.15) is 0 Å². The van der Waals surface area contributed by atoms with Gasteiger partial charge in [0.25, 0.3) is 0 Å². The van der Waals surface area contributed by atoms with Crippen LogP contribution in [0.2, 0.25) is 5.02 Å². The summed E-state index contributed by atoms with van der Waals surface area (Å²) in [6.45, 7) is 9.00. The van der Waals surface area contributed by atoms with Gasteiger partial charge in [-0.1, -0.05) is 24.6 Å². The van der Waals surface area contributed by atoms with Crippen LogP contribution in [-0.2, 0) is 4.74 Å². The van der Waals surface area contributed by atoms with E-state index in [1.54, 1.807) is 0 Å². The standard InChI is InChI=1S/C16H25ClN2O/c1-3-7-18-13(2)15-6-5-14(12-16(15)17)19-8-4-10-20-11-9-19/h5-6,12-13,18H,3-4,7-11H2,1-2H3. The van der Waals surface area contributed by atoms with E-state index < -0.39 is 0 Å². The minimum Gasteiger partial charge on any atom is -0.380 e. The Morgan fingerprint density at radius 1 is 1.35 bits per heavy atom. The molecule has 1 fully saturated rings. The lowest BCUT2D eigenvalue weighted by molar-refractivity contribution is 0.152. The summed E-state index contributed by atoms with van der Waals surface area (Å²) < 4.78 is 5.50. The van der Waals surface area contributed by atoms with Crippen molar-refractivity contribution in [3.05, 3.63) is 28.8 Å². The van der Waals surface area contributed by atoms with Crippen LogP contribution in [0.5, 0.6) is 0 Å². The molecule has 0 radical (unpaired) electrons. The Labute approximate surface area is 127 Å². The van der Waals surface area contributed by atoms with E-state index in [4.69, 9.17) is 16.3 Å². The van der Waals surface area contributed by atoms with E-state index in [-0.39, 0.29) is 0 Å². The molecular formula is C16H25ClN2O. The van der Waals surface area contributed by atoms with Crippen molar-refractivity contribution in [2.24, 2.45) is 0 Å². The maximum Gasteiger partial charge on any atom is 0.0641 e. The average molecular weight is 297 g/mol. The van der Waals surface area contributed by atoms with E-state index in [0.717, 1.165) is 50.7 Å². The normalized spacial score (nSPS) is 17.9. The fraction of sp³-hybridized carbons (Fsp3) is 0.625. The number of hydrogen-bond acceptors (Lipinski definition) is 3. The number of nitrogens with zero attached hydrogens (tertiary/aromatic N) is 1. The predicted octanol–water partition coefficient (Wildman–Crippen LogP) is 3.63. The van der Waals surface area contributed by atoms with Crippen molar-refractivity contribution in [3.8, 4) is 0 Å². The average Bonchev–Trinajstić information content (AvgIpc) is 2.73. The van der Waals surface area contributed by atoms with Crippen LogP contribution >= 0.6 is 11.6 Å². The van der Waals surface area contributed by atoms with Crippen molar-refractivity contribution in [3.63, 3.8) is 0 Å². The van der Waals surface area contributed by atoms with Gasteiger partial charge in [-0.25, -0.2) is 0 Å². The SMILES string of the molecule is CCCNC(C)c1ccc(N2CCCOCC2)cc1Cl. The van der Waals surface area contributed by atoms with Gasteiger partial charge in [-0.3, -0.25) is 0 Å². The van der Waals surface area contributed by atoms with Crippen molar-refractivity contribution in [2.45, 2.75) is 32.7 Å². The fourth-order valence-electron chi connectivity index (χ4n) is 2.54. The maximum absolute atomic E-state index is 6.47. The van der Waals surface area contributed by atoms with Crippen LogP contribution in [0.3, 0.4) is 0 Å². The molecule has 0 saturated carbocycles. The highest BCUT2D eigenvalue weighted by Crippen LogP contribution is 2.28. The Morgan fingerprint density at radius 2 is 2.20 bits per heavy atom. The second-order valence-corrected chi connectivity index (χ2v) is 5.74. The van der Waals surface area contributed by atoms with Crippen molar-refractivity contribution < 1.29 is 4.74 Å². The summed E-state index contributed by atoms with van der Waals surface area (Å²) >= 11 is 6.47. The largest absolute Gasteiger partial charge is 0.380 e. The molecule has 1 aliphatic rings. The number of nitrogens with one attached hydrogen (secondary N) is 1. The minimum atomic E-state index is 0.295. The van der Waals surface area contributed by atoms with Crippen molar-refractivity contribution in [2.75, 3.05) is 37.7 Å². The molecule has 112 valence electrons. The molecule has 1 heterocycles. The zero-order chi connectivity index (χ0) is 14.4. The third kappa shape index (κ3) is 4.11. The van der Waals surface area contributed by atoms with Gasteiger partial charge in [0.15, 0.2) is 0 Å². The Morgan fingerprint density at radius 3 is 2.95 bits per heavy atom. The Kier molecular flexibility index (Phi) is 6.14. The second-order valence-electron chi connectivity index (χ2n) is 5.33. The highest BCUT2D eigenvalue weighted by atomic mass is 35.5. The lowest BCUT2D eigenvalue weighted by Crippen LogP contribution is -2.26. The molecular weight excluding hydrogens is 272 g/mol. The number of halogens is 1. The first kappa shape index (κ1) is 15.6. The van der Waals surface area contributed by atoms with Gasteiger partial charge < -0.3 is 15.0 Å². The first-order chi connectivity index (χ1) is 9.72. The molecule has 0 bridgehead atoms. The number of hydrogen-bond donors (Lipinski definition) is 1. The van der Waals surface area contributed by atoms with Crippen LogP contribution in [0.15, 0.2) is 18.2 Å². The fourth-order valence-corrected chi connectivity index (χ4v) is 2.88. The molecule has 1 unspecified atom stereocenters. The maximum atomic E-state index is 6.47. The summed E-state index contributed by atoms with van der Waals surface area (Å²) in [7, 11) is 0. The van der Waals surface area contributed by atoms with Gasteiger partial charge in [-0.15, -0.1) is 0 Å². The highest BCUT2D eigenvalue weighted by Gasteiger charge is 2.14. The third-order valence-electron chi connectivity index (χ3n) is 3.74. The molecule has 0 aliphatic carbocycles. The number of benzene rings is 1. The van der Waals surface area contributed by atoms with E-state index in [1.165, 1.54) is 11.3 Å². The van der Waals surface area contributed by atoms with E-state index in [9.17, 15) is 0 Å². The second kappa shape index (κ2) is 7.87. The van der Waals surface area contributed by atoms with Gasteiger partial charge in [0.05, 0.1) is 6.61 Å². The van der Waals surface area contributed by atoms with Gasteiger partial charge in [0, 0.05) is 36.4 Å². The van der Waals surface area contributed by atoms with Crippen molar-refractivity contribution >= 4 is 17.3 Å². The topological polar surface area (TPSA) is 24.5 Å². The van der Waals surface area contributed by atoms with Gasteiger partial charge in [-0.05, 0) is 44.0 Å². The first-order valence-electron chi connectivity index (χ1n) is 7.58. The molecule has 0 spiro atoms. The molecule has 0 aromatic heterocycles. The number of ether oxygens (including phenoxy) is 1. The summed E-state index contributed by atoms with van der Waals surface area (Å²) in [6.07, 6.45) is 2.21. The molecule has 1 aliphatic heterocycles. The molecule has 1 saturated heterocycles. The predicted molar refractivity (Wildman–Crippen MR) is 85.8 cm³/mol. The molecule has 1 aromatic carbocycles. The molecule has 20 heavy (non-hydrogen) atoms. The van der Waals surface area contributed by atoms with E-state index in [0.29, 0.717) is 6.04 Å². The lowest BCUT2D eigenvalue weighted by Gasteiger charge is -2.23. The van der Waals surface area contributed by atoms with Gasteiger partial charge in [0.2, 0.25) is 0 Å². The molecule has 1 N–H and O–H groups in total. The van der Waals surface area contributed by atoms with Crippen molar-refractivity contribution in [1.82, 2.24) is 5.32 Å². The molecule has 1 aromatic rings. The monoisotopic (exact) mass is 296 g/mol. The smallest absolute Gasteiger partial charge is 0.0641 e. The molecule has 0 amide bonds. The zero-order valence-electron chi connectivity index (χ0n) is 12.5. The summed E-state index contributed by atoms with van der Waals surface area (Å²) in [5.74, 6) is 0. The third-order valence-corrected chi connectivity index (χ3v) is 4.07. The zero-order valence-corrected chi connectivity index (χ0v) is 13.2. The lowest BCUT2D eigenvalue weighted by atomic mass is 10.1. The quantitative estimate of drug-likeness (QED) is 0.898. The Hall–Kier alpha value is -0.770. The van der Waals surface area contributed by atoms with Crippen LogP contribution < -0.4 is 10.2 Å².